The fraction of sp³-hybridized carbons (Fsp3) is 0.600. The SMILES string of the molecule is CCCCC(C)CN(C)Cc1ccccc1. The zero-order valence-electron chi connectivity index (χ0n) is 10.9. The highest BCUT2D eigenvalue weighted by molar-refractivity contribution is 5.14. The lowest BCUT2D eigenvalue weighted by Crippen LogP contribution is -2.24. The molecular formula is C15H25N. The van der Waals surface area contributed by atoms with Gasteiger partial charge < -0.3 is 4.90 Å². The number of benzene rings is 1. The molecular weight excluding hydrogens is 194 g/mol. The van der Waals surface area contributed by atoms with Crippen LogP contribution in [-0.4, -0.2) is 18.5 Å². The van der Waals surface area contributed by atoms with Crippen molar-refractivity contribution in [3.05, 3.63) is 35.9 Å². The summed E-state index contributed by atoms with van der Waals surface area (Å²) < 4.78 is 0. The summed E-state index contributed by atoms with van der Waals surface area (Å²) in [6.07, 6.45) is 4.03. The van der Waals surface area contributed by atoms with Crippen LogP contribution in [0.4, 0.5) is 0 Å². The minimum Gasteiger partial charge on any atom is -0.302 e. The molecule has 0 N–H and O–H groups in total. The fourth-order valence-corrected chi connectivity index (χ4v) is 2.14. The van der Waals surface area contributed by atoms with Crippen molar-refractivity contribution >= 4 is 0 Å². The fourth-order valence-electron chi connectivity index (χ4n) is 2.14. The van der Waals surface area contributed by atoms with E-state index in [1.807, 2.05) is 0 Å². The van der Waals surface area contributed by atoms with Crippen LogP contribution in [0.3, 0.4) is 0 Å². The van der Waals surface area contributed by atoms with Gasteiger partial charge in [0, 0.05) is 13.1 Å². The van der Waals surface area contributed by atoms with Gasteiger partial charge in [0.05, 0.1) is 0 Å². The van der Waals surface area contributed by atoms with E-state index in [4.69, 9.17) is 0 Å². The van der Waals surface area contributed by atoms with Crippen LogP contribution in [0.1, 0.15) is 38.7 Å². The van der Waals surface area contributed by atoms with Gasteiger partial charge in [-0.25, -0.2) is 0 Å². The molecule has 0 aliphatic rings. The lowest BCUT2D eigenvalue weighted by atomic mass is 10.0. The summed E-state index contributed by atoms with van der Waals surface area (Å²) in [5.41, 5.74) is 1.41. The van der Waals surface area contributed by atoms with E-state index < -0.39 is 0 Å². The van der Waals surface area contributed by atoms with Crippen molar-refractivity contribution in [2.45, 2.75) is 39.7 Å². The summed E-state index contributed by atoms with van der Waals surface area (Å²) in [6.45, 7) is 6.89. The highest BCUT2D eigenvalue weighted by atomic mass is 15.1. The summed E-state index contributed by atoms with van der Waals surface area (Å²) in [4.78, 5) is 2.43. The van der Waals surface area contributed by atoms with Crippen molar-refractivity contribution in [1.29, 1.82) is 0 Å². The van der Waals surface area contributed by atoms with Crippen molar-refractivity contribution in [3.8, 4) is 0 Å². The molecule has 0 saturated heterocycles. The second-order valence-electron chi connectivity index (χ2n) is 4.93. The van der Waals surface area contributed by atoms with Crippen molar-refractivity contribution < 1.29 is 0 Å². The Morgan fingerprint density at radius 2 is 1.88 bits per heavy atom. The van der Waals surface area contributed by atoms with Gasteiger partial charge in [-0.05, 0) is 24.9 Å². The molecule has 0 fully saturated rings. The van der Waals surface area contributed by atoms with Gasteiger partial charge in [-0.3, -0.25) is 0 Å². The number of hydrogen-bond donors (Lipinski definition) is 0. The molecule has 1 unspecified atom stereocenters. The number of rotatable bonds is 7. The molecule has 1 atom stereocenters. The first kappa shape index (κ1) is 13.2. The van der Waals surface area contributed by atoms with Crippen molar-refractivity contribution in [1.82, 2.24) is 4.90 Å². The van der Waals surface area contributed by atoms with Gasteiger partial charge in [-0.2, -0.15) is 0 Å². The largest absolute Gasteiger partial charge is 0.302 e. The Balaban J connectivity index is 2.27. The van der Waals surface area contributed by atoms with Gasteiger partial charge >= 0.3 is 0 Å². The lowest BCUT2D eigenvalue weighted by Gasteiger charge is -2.21. The second kappa shape index (κ2) is 7.45. The van der Waals surface area contributed by atoms with Gasteiger partial charge in [0.1, 0.15) is 0 Å². The van der Waals surface area contributed by atoms with Crippen LogP contribution >= 0.6 is 0 Å². The second-order valence-corrected chi connectivity index (χ2v) is 4.93. The lowest BCUT2D eigenvalue weighted by molar-refractivity contribution is 0.268. The molecule has 0 saturated carbocycles. The van der Waals surface area contributed by atoms with Crippen LogP contribution in [0.25, 0.3) is 0 Å². The van der Waals surface area contributed by atoms with Crippen molar-refractivity contribution in [3.63, 3.8) is 0 Å². The van der Waals surface area contributed by atoms with Gasteiger partial charge in [-0.15, -0.1) is 0 Å². The predicted molar refractivity (Wildman–Crippen MR) is 71.5 cm³/mol. The monoisotopic (exact) mass is 219 g/mol. The van der Waals surface area contributed by atoms with Crippen LogP contribution in [0, 0.1) is 5.92 Å². The Morgan fingerprint density at radius 3 is 2.50 bits per heavy atom. The molecule has 0 spiro atoms. The minimum absolute atomic E-state index is 0.814. The van der Waals surface area contributed by atoms with E-state index in [1.54, 1.807) is 0 Å². The topological polar surface area (TPSA) is 3.24 Å². The molecule has 0 bridgehead atoms. The first-order valence-corrected chi connectivity index (χ1v) is 6.44. The third-order valence-corrected chi connectivity index (χ3v) is 2.97. The molecule has 0 heterocycles. The van der Waals surface area contributed by atoms with E-state index in [9.17, 15) is 0 Å². The van der Waals surface area contributed by atoms with Crippen molar-refractivity contribution in [2.24, 2.45) is 5.92 Å². The molecule has 0 aliphatic heterocycles. The normalized spacial score (nSPS) is 13.0. The maximum Gasteiger partial charge on any atom is 0.0230 e. The quantitative estimate of drug-likeness (QED) is 0.671. The Labute approximate surface area is 100 Å². The van der Waals surface area contributed by atoms with Crippen molar-refractivity contribution in [2.75, 3.05) is 13.6 Å². The Bertz CT molecular complexity index is 268. The molecule has 1 aromatic rings. The van der Waals surface area contributed by atoms with Crippen LogP contribution in [0.5, 0.6) is 0 Å². The van der Waals surface area contributed by atoms with E-state index in [0.717, 1.165) is 12.5 Å². The summed E-state index contributed by atoms with van der Waals surface area (Å²) in [5, 5.41) is 0. The average molecular weight is 219 g/mol. The Morgan fingerprint density at radius 1 is 1.19 bits per heavy atom. The number of unbranched alkanes of at least 4 members (excludes halogenated alkanes) is 1. The Hall–Kier alpha value is -0.820. The van der Waals surface area contributed by atoms with E-state index in [2.05, 4.69) is 56.1 Å². The van der Waals surface area contributed by atoms with E-state index in [1.165, 1.54) is 31.4 Å². The molecule has 0 aromatic heterocycles. The molecule has 90 valence electrons. The van der Waals surface area contributed by atoms with Gasteiger partial charge in [0.15, 0.2) is 0 Å². The standard InChI is InChI=1S/C15H25N/c1-4-5-9-14(2)12-16(3)13-15-10-7-6-8-11-15/h6-8,10-11,14H,4-5,9,12-13H2,1-3H3. The molecule has 0 aliphatic carbocycles. The smallest absolute Gasteiger partial charge is 0.0230 e. The van der Waals surface area contributed by atoms with Crippen LogP contribution in [-0.2, 0) is 6.54 Å². The predicted octanol–water partition coefficient (Wildman–Crippen LogP) is 3.94. The summed E-state index contributed by atoms with van der Waals surface area (Å²) >= 11 is 0. The maximum absolute atomic E-state index is 2.43. The van der Waals surface area contributed by atoms with E-state index >= 15 is 0 Å². The van der Waals surface area contributed by atoms with Crippen LogP contribution < -0.4 is 0 Å². The molecule has 1 nitrogen and oxygen atoms in total. The third kappa shape index (κ3) is 5.32. The molecule has 1 heteroatoms. The van der Waals surface area contributed by atoms with Gasteiger partial charge in [-0.1, -0.05) is 57.0 Å². The molecule has 1 aromatic carbocycles. The summed E-state index contributed by atoms with van der Waals surface area (Å²) in [7, 11) is 2.22. The van der Waals surface area contributed by atoms with E-state index in [-0.39, 0.29) is 0 Å². The highest BCUT2D eigenvalue weighted by Gasteiger charge is 2.06. The van der Waals surface area contributed by atoms with Crippen LogP contribution in [0.15, 0.2) is 30.3 Å². The first-order valence-electron chi connectivity index (χ1n) is 6.44. The molecule has 1 rings (SSSR count). The summed E-state index contributed by atoms with van der Waals surface area (Å²) in [5.74, 6) is 0.814. The zero-order chi connectivity index (χ0) is 11.8. The minimum atomic E-state index is 0.814. The Kier molecular flexibility index (Phi) is 6.17. The average Bonchev–Trinajstić information content (AvgIpc) is 2.27. The van der Waals surface area contributed by atoms with Crippen LogP contribution in [0.2, 0.25) is 0 Å². The van der Waals surface area contributed by atoms with Gasteiger partial charge in [0.25, 0.3) is 0 Å². The first-order chi connectivity index (χ1) is 7.72. The molecule has 16 heavy (non-hydrogen) atoms. The van der Waals surface area contributed by atoms with E-state index in [0.29, 0.717) is 0 Å². The number of hydrogen-bond acceptors (Lipinski definition) is 1. The third-order valence-electron chi connectivity index (χ3n) is 2.97. The molecule has 0 radical (unpaired) electrons. The number of nitrogens with zero attached hydrogens (tertiary/aromatic N) is 1. The highest BCUT2D eigenvalue weighted by Crippen LogP contribution is 2.10. The summed E-state index contributed by atoms with van der Waals surface area (Å²) in [6, 6.07) is 10.7. The maximum atomic E-state index is 2.43. The zero-order valence-corrected chi connectivity index (χ0v) is 10.9. The van der Waals surface area contributed by atoms with Gasteiger partial charge in [0.2, 0.25) is 0 Å². The molecule has 0 amide bonds.